The lowest BCUT2D eigenvalue weighted by Crippen LogP contribution is -2.30. The lowest BCUT2D eigenvalue weighted by atomic mass is 10.1. The molecule has 1 rings (SSSR count). The van der Waals surface area contributed by atoms with Gasteiger partial charge < -0.3 is 10.1 Å². The fourth-order valence-electron chi connectivity index (χ4n) is 1.48. The number of hydrogen-bond acceptors (Lipinski definition) is 3. The molecule has 0 radical (unpaired) electrons. The van der Waals surface area contributed by atoms with Crippen LogP contribution in [-0.4, -0.2) is 25.5 Å². The number of benzene rings is 1. The summed E-state index contributed by atoms with van der Waals surface area (Å²) in [4.78, 5) is 11.8. The van der Waals surface area contributed by atoms with Gasteiger partial charge in [0.1, 0.15) is 5.75 Å². The van der Waals surface area contributed by atoms with E-state index in [1.165, 1.54) is 0 Å². The van der Waals surface area contributed by atoms with E-state index in [-0.39, 0.29) is 5.78 Å². The molecule has 0 atom stereocenters. The van der Waals surface area contributed by atoms with Gasteiger partial charge in [0.25, 0.3) is 0 Å². The van der Waals surface area contributed by atoms with Gasteiger partial charge >= 0.3 is 0 Å². The molecule has 0 spiro atoms. The number of carbonyl (C=O) groups is 1. The number of ketones is 1. The summed E-state index contributed by atoms with van der Waals surface area (Å²) in [6.07, 6.45) is 0.391. The molecule has 4 heteroatoms. The van der Waals surface area contributed by atoms with Crippen molar-refractivity contribution in [3.05, 3.63) is 28.2 Å². The molecule has 1 aromatic rings. The second kappa shape index (κ2) is 6.77. The highest BCUT2D eigenvalue weighted by Crippen LogP contribution is 2.23. The maximum Gasteiger partial charge on any atom is 0.151 e. The Morgan fingerprint density at radius 2 is 2.18 bits per heavy atom. The van der Waals surface area contributed by atoms with E-state index in [1.54, 1.807) is 7.11 Å². The number of rotatable bonds is 6. The van der Waals surface area contributed by atoms with Crippen LogP contribution < -0.4 is 10.1 Å². The van der Waals surface area contributed by atoms with E-state index < -0.39 is 0 Å². The van der Waals surface area contributed by atoms with Crippen LogP contribution in [0.4, 0.5) is 0 Å². The Morgan fingerprint density at radius 3 is 2.76 bits per heavy atom. The summed E-state index contributed by atoms with van der Waals surface area (Å²) in [6.45, 7) is 4.44. The van der Waals surface area contributed by atoms with Gasteiger partial charge in [0.05, 0.1) is 13.7 Å². The molecule has 0 amide bonds. The first-order valence-electron chi connectivity index (χ1n) is 5.60. The first kappa shape index (κ1) is 14.2. The molecule has 0 saturated heterocycles. The van der Waals surface area contributed by atoms with Gasteiger partial charge in [0.15, 0.2) is 5.78 Å². The van der Waals surface area contributed by atoms with Crippen LogP contribution in [-0.2, 0) is 11.2 Å². The molecule has 0 aliphatic carbocycles. The van der Waals surface area contributed by atoms with E-state index in [0.29, 0.717) is 19.0 Å². The molecule has 1 aromatic carbocycles. The average molecular weight is 300 g/mol. The van der Waals surface area contributed by atoms with Crippen molar-refractivity contribution in [2.75, 3.05) is 13.7 Å². The number of Topliss-reactive ketones (excluding diaryl/α,β-unsaturated/α-hetero) is 1. The second-order valence-electron chi connectivity index (χ2n) is 4.21. The van der Waals surface area contributed by atoms with Crippen LogP contribution in [0.3, 0.4) is 0 Å². The van der Waals surface area contributed by atoms with E-state index in [1.807, 2.05) is 32.0 Å². The standard InChI is InChI=1S/C13H18BrNO2/c1-9(2)15-8-12(16)7-10-6-11(14)4-5-13(10)17-3/h4-6,9,15H,7-8H2,1-3H3. The first-order valence-corrected chi connectivity index (χ1v) is 6.39. The Balaban J connectivity index is 2.66. The van der Waals surface area contributed by atoms with Crippen molar-refractivity contribution in [1.82, 2.24) is 5.32 Å². The predicted molar refractivity (Wildman–Crippen MR) is 72.5 cm³/mol. The molecule has 94 valence electrons. The van der Waals surface area contributed by atoms with Gasteiger partial charge in [0.2, 0.25) is 0 Å². The Bertz CT molecular complexity index is 391. The van der Waals surface area contributed by atoms with Gasteiger partial charge in [0, 0.05) is 22.5 Å². The largest absolute Gasteiger partial charge is 0.496 e. The number of hydrogen-bond donors (Lipinski definition) is 1. The Hall–Kier alpha value is -0.870. The molecule has 0 saturated carbocycles. The maximum atomic E-state index is 11.8. The van der Waals surface area contributed by atoms with Crippen LogP contribution >= 0.6 is 15.9 Å². The summed E-state index contributed by atoms with van der Waals surface area (Å²) in [5.74, 6) is 0.918. The fraction of sp³-hybridized carbons (Fsp3) is 0.462. The van der Waals surface area contributed by atoms with Crippen molar-refractivity contribution in [3.8, 4) is 5.75 Å². The molecule has 0 bridgehead atoms. The van der Waals surface area contributed by atoms with E-state index in [0.717, 1.165) is 15.8 Å². The number of carbonyl (C=O) groups excluding carboxylic acids is 1. The van der Waals surface area contributed by atoms with Gasteiger partial charge in [-0.15, -0.1) is 0 Å². The van der Waals surface area contributed by atoms with Crippen LogP contribution in [0, 0.1) is 0 Å². The van der Waals surface area contributed by atoms with Gasteiger partial charge in [-0.3, -0.25) is 4.79 Å². The van der Waals surface area contributed by atoms with Crippen molar-refractivity contribution < 1.29 is 9.53 Å². The van der Waals surface area contributed by atoms with Crippen LogP contribution in [0.2, 0.25) is 0 Å². The smallest absolute Gasteiger partial charge is 0.151 e. The molecule has 3 nitrogen and oxygen atoms in total. The lowest BCUT2D eigenvalue weighted by molar-refractivity contribution is -0.117. The quantitative estimate of drug-likeness (QED) is 0.877. The zero-order valence-corrected chi connectivity index (χ0v) is 12.0. The predicted octanol–water partition coefficient (Wildman–Crippen LogP) is 2.57. The molecule has 17 heavy (non-hydrogen) atoms. The number of halogens is 1. The van der Waals surface area contributed by atoms with Crippen molar-refractivity contribution >= 4 is 21.7 Å². The highest BCUT2D eigenvalue weighted by molar-refractivity contribution is 9.10. The van der Waals surface area contributed by atoms with Gasteiger partial charge in [-0.1, -0.05) is 29.8 Å². The summed E-state index contributed by atoms with van der Waals surface area (Å²) in [5, 5.41) is 3.12. The van der Waals surface area contributed by atoms with Gasteiger partial charge in [-0.2, -0.15) is 0 Å². The summed E-state index contributed by atoms with van der Waals surface area (Å²) < 4.78 is 6.19. The zero-order valence-electron chi connectivity index (χ0n) is 10.4. The molecular weight excluding hydrogens is 282 g/mol. The number of ether oxygens (including phenoxy) is 1. The molecule has 0 unspecified atom stereocenters. The zero-order chi connectivity index (χ0) is 12.8. The summed E-state index contributed by atoms with van der Waals surface area (Å²) in [6, 6.07) is 6.01. The minimum atomic E-state index is 0.162. The molecule has 0 aliphatic rings. The fourth-order valence-corrected chi connectivity index (χ4v) is 1.89. The van der Waals surface area contributed by atoms with Crippen molar-refractivity contribution in [1.29, 1.82) is 0 Å². The Kier molecular flexibility index (Phi) is 5.65. The second-order valence-corrected chi connectivity index (χ2v) is 5.12. The van der Waals surface area contributed by atoms with Crippen molar-refractivity contribution in [2.45, 2.75) is 26.3 Å². The Morgan fingerprint density at radius 1 is 1.47 bits per heavy atom. The first-order chi connectivity index (χ1) is 8.02. The highest BCUT2D eigenvalue weighted by Gasteiger charge is 2.09. The van der Waals surface area contributed by atoms with E-state index in [2.05, 4.69) is 21.2 Å². The van der Waals surface area contributed by atoms with Gasteiger partial charge in [-0.05, 0) is 18.2 Å². The van der Waals surface area contributed by atoms with Crippen LogP contribution in [0.15, 0.2) is 22.7 Å². The van der Waals surface area contributed by atoms with Crippen molar-refractivity contribution in [2.24, 2.45) is 0 Å². The Labute approximate surface area is 111 Å². The van der Waals surface area contributed by atoms with E-state index in [4.69, 9.17) is 4.74 Å². The molecular formula is C13H18BrNO2. The molecule has 1 N–H and O–H groups in total. The topological polar surface area (TPSA) is 38.3 Å². The summed E-state index contributed by atoms with van der Waals surface area (Å²) >= 11 is 3.40. The highest BCUT2D eigenvalue weighted by atomic mass is 79.9. The third kappa shape index (κ3) is 4.88. The maximum absolute atomic E-state index is 11.8. The lowest BCUT2D eigenvalue weighted by Gasteiger charge is -2.10. The van der Waals surface area contributed by atoms with Crippen molar-refractivity contribution in [3.63, 3.8) is 0 Å². The summed E-state index contributed by atoms with van der Waals surface area (Å²) in [7, 11) is 1.61. The van der Waals surface area contributed by atoms with Crippen LogP contribution in [0.25, 0.3) is 0 Å². The molecule has 0 aromatic heterocycles. The van der Waals surface area contributed by atoms with Crippen LogP contribution in [0.1, 0.15) is 19.4 Å². The minimum absolute atomic E-state index is 0.162. The van der Waals surface area contributed by atoms with E-state index in [9.17, 15) is 4.79 Å². The minimum Gasteiger partial charge on any atom is -0.496 e. The molecule has 0 aliphatic heterocycles. The third-order valence-corrected chi connectivity index (χ3v) is 2.83. The number of nitrogens with one attached hydrogen (secondary N) is 1. The summed E-state index contributed by atoms with van der Waals surface area (Å²) in [5.41, 5.74) is 0.914. The third-order valence-electron chi connectivity index (χ3n) is 2.34. The normalized spacial score (nSPS) is 10.6. The van der Waals surface area contributed by atoms with Gasteiger partial charge in [-0.25, -0.2) is 0 Å². The SMILES string of the molecule is COc1ccc(Br)cc1CC(=O)CNC(C)C. The average Bonchev–Trinajstić information content (AvgIpc) is 2.27. The van der Waals surface area contributed by atoms with E-state index >= 15 is 0 Å². The molecule has 0 fully saturated rings. The number of methoxy groups -OCH3 is 1. The molecule has 0 heterocycles. The monoisotopic (exact) mass is 299 g/mol. The van der Waals surface area contributed by atoms with Crippen LogP contribution in [0.5, 0.6) is 5.75 Å².